The fraction of sp³-hybridized carbons (Fsp3) is 0.118. The maximum atomic E-state index is 12.3. The predicted octanol–water partition coefficient (Wildman–Crippen LogP) is 3.10. The molecule has 2 N–H and O–H groups in total. The Kier molecular flexibility index (Phi) is 4.89. The van der Waals surface area contributed by atoms with Crippen LogP contribution in [0.2, 0.25) is 0 Å². The van der Waals surface area contributed by atoms with Crippen molar-refractivity contribution in [3.63, 3.8) is 0 Å². The van der Waals surface area contributed by atoms with Crippen molar-refractivity contribution in [2.75, 3.05) is 10.6 Å². The number of carbonyl (C=O) groups excluding carboxylic acids is 2. The van der Waals surface area contributed by atoms with Gasteiger partial charge in [0.1, 0.15) is 6.42 Å². The van der Waals surface area contributed by atoms with Crippen LogP contribution in [0.15, 0.2) is 48.5 Å². The van der Waals surface area contributed by atoms with Gasteiger partial charge in [-0.2, -0.15) is 5.26 Å². The molecule has 0 atom stereocenters. The van der Waals surface area contributed by atoms with Gasteiger partial charge in [-0.15, -0.1) is 0 Å². The summed E-state index contributed by atoms with van der Waals surface area (Å²) in [5.74, 6) is -0.676. The largest absolute Gasteiger partial charge is 0.323 e. The molecule has 0 aliphatic heterocycles. The number of rotatable bonds is 4. The van der Waals surface area contributed by atoms with Gasteiger partial charge in [0.2, 0.25) is 5.91 Å². The molecule has 0 spiro atoms. The average molecular weight is 293 g/mol. The SMILES string of the molecule is Cc1cccc(C(=O)Nc2ccccc2NC(=O)CC#N)c1. The Bertz CT molecular complexity index is 748. The first kappa shape index (κ1) is 15.3. The topological polar surface area (TPSA) is 82.0 Å². The van der Waals surface area contributed by atoms with Crippen LogP contribution in [0.25, 0.3) is 0 Å². The molecule has 0 radical (unpaired) electrons. The minimum absolute atomic E-state index is 0.236. The van der Waals surface area contributed by atoms with E-state index in [9.17, 15) is 9.59 Å². The molecule has 5 nitrogen and oxygen atoms in total. The van der Waals surface area contributed by atoms with Gasteiger partial charge in [-0.25, -0.2) is 0 Å². The highest BCUT2D eigenvalue weighted by molar-refractivity contribution is 6.07. The highest BCUT2D eigenvalue weighted by Crippen LogP contribution is 2.22. The lowest BCUT2D eigenvalue weighted by atomic mass is 10.1. The summed E-state index contributed by atoms with van der Waals surface area (Å²) in [6, 6.07) is 15.9. The lowest BCUT2D eigenvalue weighted by molar-refractivity contribution is -0.115. The fourth-order valence-corrected chi connectivity index (χ4v) is 1.95. The lowest BCUT2D eigenvalue weighted by Crippen LogP contribution is -2.16. The van der Waals surface area contributed by atoms with Crippen LogP contribution in [0.5, 0.6) is 0 Å². The maximum absolute atomic E-state index is 12.3. The number of nitrogens with one attached hydrogen (secondary N) is 2. The average Bonchev–Trinajstić information content (AvgIpc) is 2.49. The van der Waals surface area contributed by atoms with Crippen LogP contribution in [0.4, 0.5) is 11.4 Å². The van der Waals surface area contributed by atoms with Gasteiger partial charge >= 0.3 is 0 Å². The van der Waals surface area contributed by atoms with Gasteiger partial charge in [-0.3, -0.25) is 9.59 Å². The van der Waals surface area contributed by atoms with Crippen LogP contribution in [0.3, 0.4) is 0 Å². The van der Waals surface area contributed by atoms with Crippen molar-refractivity contribution >= 4 is 23.2 Å². The van der Waals surface area contributed by atoms with E-state index < -0.39 is 5.91 Å². The Balaban J connectivity index is 2.18. The van der Waals surface area contributed by atoms with Crippen LogP contribution in [0, 0.1) is 18.3 Å². The molecular weight excluding hydrogens is 278 g/mol. The number of para-hydroxylation sites is 2. The van der Waals surface area contributed by atoms with Crippen molar-refractivity contribution in [3.8, 4) is 6.07 Å². The molecular formula is C17H15N3O2. The van der Waals surface area contributed by atoms with Crippen LogP contribution < -0.4 is 10.6 Å². The van der Waals surface area contributed by atoms with Crippen LogP contribution in [-0.4, -0.2) is 11.8 Å². The van der Waals surface area contributed by atoms with Gasteiger partial charge < -0.3 is 10.6 Å². The molecule has 2 rings (SSSR count). The molecule has 0 saturated heterocycles. The Morgan fingerprint density at radius 3 is 2.36 bits per heavy atom. The molecule has 2 amide bonds. The number of nitrogens with zero attached hydrogens (tertiary/aromatic N) is 1. The van der Waals surface area contributed by atoms with Crippen molar-refractivity contribution in [1.29, 1.82) is 5.26 Å². The number of benzene rings is 2. The Hall–Kier alpha value is -3.13. The highest BCUT2D eigenvalue weighted by Gasteiger charge is 2.10. The standard InChI is InChI=1S/C17H15N3O2/c1-12-5-4-6-13(11-12)17(22)20-15-8-3-2-7-14(15)19-16(21)9-10-18/h2-8,11H,9H2,1H3,(H,19,21)(H,20,22). The minimum atomic E-state index is -0.417. The summed E-state index contributed by atoms with van der Waals surface area (Å²) in [6.07, 6.45) is -0.236. The smallest absolute Gasteiger partial charge is 0.255 e. The zero-order valence-electron chi connectivity index (χ0n) is 12.1. The van der Waals surface area contributed by atoms with Gasteiger partial charge in [0.15, 0.2) is 0 Å². The summed E-state index contributed by atoms with van der Waals surface area (Å²) >= 11 is 0. The third kappa shape index (κ3) is 3.93. The minimum Gasteiger partial charge on any atom is -0.323 e. The Morgan fingerprint density at radius 2 is 1.73 bits per heavy atom. The zero-order chi connectivity index (χ0) is 15.9. The van der Waals surface area contributed by atoms with E-state index in [-0.39, 0.29) is 12.3 Å². The second kappa shape index (κ2) is 7.04. The predicted molar refractivity (Wildman–Crippen MR) is 84.4 cm³/mol. The van der Waals surface area contributed by atoms with Crippen LogP contribution in [0.1, 0.15) is 22.3 Å². The zero-order valence-corrected chi connectivity index (χ0v) is 12.1. The second-order valence-electron chi connectivity index (χ2n) is 4.75. The molecule has 0 saturated carbocycles. The van der Waals surface area contributed by atoms with E-state index in [1.807, 2.05) is 19.1 Å². The summed E-state index contributed by atoms with van der Waals surface area (Å²) < 4.78 is 0. The molecule has 22 heavy (non-hydrogen) atoms. The van der Waals surface area contributed by atoms with Gasteiger partial charge in [0, 0.05) is 5.56 Å². The van der Waals surface area contributed by atoms with Gasteiger partial charge in [0.05, 0.1) is 17.4 Å². The molecule has 0 fully saturated rings. The molecule has 0 unspecified atom stereocenters. The summed E-state index contributed by atoms with van der Waals surface area (Å²) in [5.41, 5.74) is 2.48. The number of hydrogen-bond acceptors (Lipinski definition) is 3. The number of aryl methyl sites for hydroxylation is 1. The molecule has 110 valence electrons. The normalized spacial score (nSPS) is 9.64. The summed E-state index contributed by atoms with van der Waals surface area (Å²) in [6.45, 7) is 1.91. The molecule has 0 aliphatic carbocycles. The van der Waals surface area contributed by atoms with E-state index in [4.69, 9.17) is 5.26 Å². The number of hydrogen-bond donors (Lipinski definition) is 2. The van der Waals surface area contributed by atoms with E-state index in [0.29, 0.717) is 16.9 Å². The summed E-state index contributed by atoms with van der Waals surface area (Å²) in [7, 11) is 0. The molecule has 2 aromatic rings. The molecule has 0 aliphatic rings. The number of amides is 2. The molecule has 0 heterocycles. The Labute approximate surface area is 128 Å². The van der Waals surface area contributed by atoms with E-state index in [2.05, 4.69) is 10.6 Å². The second-order valence-corrected chi connectivity index (χ2v) is 4.75. The van der Waals surface area contributed by atoms with Crippen molar-refractivity contribution < 1.29 is 9.59 Å². The van der Waals surface area contributed by atoms with E-state index >= 15 is 0 Å². The number of anilines is 2. The van der Waals surface area contributed by atoms with Crippen molar-refractivity contribution in [1.82, 2.24) is 0 Å². The first-order valence-corrected chi connectivity index (χ1v) is 6.74. The Morgan fingerprint density at radius 1 is 1.05 bits per heavy atom. The van der Waals surface area contributed by atoms with Crippen LogP contribution in [-0.2, 0) is 4.79 Å². The van der Waals surface area contributed by atoms with E-state index in [1.54, 1.807) is 42.5 Å². The monoisotopic (exact) mass is 293 g/mol. The summed E-state index contributed by atoms with van der Waals surface area (Å²) in [4.78, 5) is 23.8. The quantitative estimate of drug-likeness (QED) is 0.908. The first-order chi connectivity index (χ1) is 10.6. The number of carbonyl (C=O) groups is 2. The van der Waals surface area contributed by atoms with Gasteiger partial charge in [0.25, 0.3) is 5.91 Å². The van der Waals surface area contributed by atoms with Crippen molar-refractivity contribution in [2.45, 2.75) is 13.3 Å². The van der Waals surface area contributed by atoms with Gasteiger partial charge in [-0.1, -0.05) is 29.8 Å². The van der Waals surface area contributed by atoms with Gasteiger partial charge in [-0.05, 0) is 31.2 Å². The molecule has 5 heteroatoms. The molecule has 0 bridgehead atoms. The fourth-order valence-electron chi connectivity index (χ4n) is 1.95. The van der Waals surface area contributed by atoms with E-state index in [1.165, 1.54) is 0 Å². The molecule has 0 aromatic heterocycles. The van der Waals surface area contributed by atoms with Crippen molar-refractivity contribution in [3.05, 3.63) is 59.7 Å². The number of nitriles is 1. The highest BCUT2D eigenvalue weighted by atomic mass is 16.2. The van der Waals surface area contributed by atoms with E-state index in [0.717, 1.165) is 5.56 Å². The third-order valence-corrected chi connectivity index (χ3v) is 2.97. The lowest BCUT2D eigenvalue weighted by Gasteiger charge is -2.11. The molecule has 2 aromatic carbocycles. The first-order valence-electron chi connectivity index (χ1n) is 6.74. The summed E-state index contributed by atoms with van der Waals surface area (Å²) in [5, 5.41) is 13.9. The van der Waals surface area contributed by atoms with Crippen LogP contribution >= 0.6 is 0 Å². The maximum Gasteiger partial charge on any atom is 0.255 e. The third-order valence-electron chi connectivity index (χ3n) is 2.97. The van der Waals surface area contributed by atoms with Crippen molar-refractivity contribution in [2.24, 2.45) is 0 Å².